The number of nitro benzene ring substituents is 1. The summed E-state index contributed by atoms with van der Waals surface area (Å²) in [5.74, 6) is 0.0898. The molecule has 0 atom stereocenters. The summed E-state index contributed by atoms with van der Waals surface area (Å²) in [4.78, 5) is 22.5. The number of ether oxygens (including phenoxy) is 1. The van der Waals surface area contributed by atoms with Crippen molar-refractivity contribution in [3.63, 3.8) is 0 Å². The van der Waals surface area contributed by atoms with Crippen molar-refractivity contribution in [2.45, 2.75) is 6.92 Å². The van der Waals surface area contributed by atoms with Gasteiger partial charge in [-0.25, -0.2) is 5.43 Å². The highest BCUT2D eigenvalue weighted by Gasteiger charge is 2.10. The first kappa shape index (κ1) is 20.9. The molecule has 7 nitrogen and oxygen atoms in total. The summed E-state index contributed by atoms with van der Waals surface area (Å²) < 4.78 is 7.33. The van der Waals surface area contributed by atoms with Crippen LogP contribution in [-0.4, -0.2) is 23.1 Å². The summed E-state index contributed by atoms with van der Waals surface area (Å²) in [5, 5.41) is 16.8. The second kappa shape index (κ2) is 9.15. The molecule has 9 heteroatoms. The standard InChI is InChI=1S/C20H15Br2N3O4/c1-12(13-3-2-4-16(10-13)25(27)28)23-24-19(26)11-29-18-8-5-14-9-15(21)6-7-17(14)20(18)22/h2-10H,11H2,1H3,(H,24,26)/b23-12+. The van der Waals surface area contributed by atoms with E-state index in [0.717, 1.165) is 19.7 Å². The molecular formula is C20H15Br2N3O4. The number of amides is 1. The van der Waals surface area contributed by atoms with E-state index >= 15 is 0 Å². The Morgan fingerprint density at radius 2 is 1.97 bits per heavy atom. The van der Waals surface area contributed by atoms with Gasteiger partial charge in [0.1, 0.15) is 5.75 Å². The molecule has 0 heterocycles. The van der Waals surface area contributed by atoms with Crippen LogP contribution in [0.5, 0.6) is 5.75 Å². The van der Waals surface area contributed by atoms with Crippen LogP contribution in [-0.2, 0) is 4.79 Å². The highest BCUT2D eigenvalue weighted by Crippen LogP contribution is 2.34. The van der Waals surface area contributed by atoms with Crippen LogP contribution < -0.4 is 10.2 Å². The van der Waals surface area contributed by atoms with Gasteiger partial charge >= 0.3 is 0 Å². The van der Waals surface area contributed by atoms with Crippen LogP contribution in [0.3, 0.4) is 0 Å². The number of halogens is 2. The maximum Gasteiger partial charge on any atom is 0.277 e. The van der Waals surface area contributed by atoms with E-state index < -0.39 is 10.8 Å². The summed E-state index contributed by atoms with van der Waals surface area (Å²) in [6.45, 7) is 1.42. The molecule has 0 saturated heterocycles. The lowest BCUT2D eigenvalue weighted by Crippen LogP contribution is -2.25. The first-order chi connectivity index (χ1) is 13.8. The maximum atomic E-state index is 12.1. The third kappa shape index (κ3) is 5.18. The van der Waals surface area contributed by atoms with E-state index in [0.29, 0.717) is 17.0 Å². The number of nitrogens with zero attached hydrogens (tertiary/aromatic N) is 2. The van der Waals surface area contributed by atoms with Crippen molar-refractivity contribution in [3.8, 4) is 5.75 Å². The molecule has 0 aromatic heterocycles. The van der Waals surface area contributed by atoms with Gasteiger partial charge in [0.25, 0.3) is 11.6 Å². The fraction of sp³-hybridized carbons (Fsp3) is 0.100. The lowest BCUT2D eigenvalue weighted by Gasteiger charge is -2.10. The zero-order valence-electron chi connectivity index (χ0n) is 15.2. The summed E-state index contributed by atoms with van der Waals surface area (Å²) in [7, 11) is 0. The minimum atomic E-state index is -0.483. The molecule has 0 saturated carbocycles. The van der Waals surface area contributed by atoms with Gasteiger partial charge in [-0.1, -0.05) is 40.2 Å². The molecule has 0 aliphatic rings. The molecule has 1 N–H and O–H groups in total. The van der Waals surface area contributed by atoms with E-state index in [1.54, 1.807) is 25.1 Å². The summed E-state index contributed by atoms with van der Waals surface area (Å²) >= 11 is 6.95. The van der Waals surface area contributed by atoms with Gasteiger partial charge in [0.2, 0.25) is 0 Å². The van der Waals surface area contributed by atoms with Crippen LogP contribution in [0.1, 0.15) is 12.5 Å². The molecule has 3 aromatic carbocycles. The first-order valence-corrected chi connectivity index (χ1v) is 10.0. The second-order valence-electron chi connectivity index (χ2n) is 6.07. The summed E-state index contributed by atoms with van der Waals surface area (Å²) in [5.41, 5.74) is 3.34. The van der Waals surface area contributed by atoms with E-state index in [4.69, 9.17) is 4.74 Å². The lowest BCUT2D eigenvalue weighted by atomic mass is 10.1. The van der Waals surface area contributed by atoms with Gasteiger partial charge in [-0.2, -0.15) is 5.10 Å². The third-order valence-corrected chi connectivity index (χ3v) is 5.37. The number of fused-ring (bicyclic) bond motifs is 1. The van der Waals surface area contributed by atoms with E-state index in [1.165, 1.54) is 12.1 Å². The molecule has 148 valence electrons. The van der Waals surface area contributed by atoms with Crippen molar-refractivity contribution >= 4 is 59.9 Å². The van der Waals surface area contributed by atoms with E-state index in [1.807, 2.05) is 24.3 Å². The second-order valence-corrected chi connectivity index (χ2v) is 7.78. The smallest absolute Gasteiger partial charge is 0.277 e. The van der Waals surface area contributed by atoms with Crippen LogP contribution >= 0.6 is 31.9 Å². The third-order valence-electron chi connectivity index (χ3n) is 4.06. The SMILES string of the molecule is C/C(=N\NC(=O)COc1ccc2cc(Br)ccc2c1Br)c1cccc([N+](=O)[O-])c1. The average molecular weight is 521 g/mol. The Labute approximate surface area is 183 Å². The zero-order chi connectivity index (χ0) is 21.0. The largest absolute Gasteiger partial charge is 0.483 e. The van der Waals surface area contributed by atoms with Crippen molar-refractivity contribution in [1.29, 1.82) is 0 Å². The Morgan fingerprint density at radius 3 is 2.72 bits per heavy atom. The van der Waals surface area contributed by atoms with Crippen molar-refractivity contribution in [2.24, 2.45) is 5.10 Å². The quantitative estimate of drug-likeness (QED) is 0.275. The fourth-order valence-corrected chi connectivity index (χ4v) is 3.57. The van der Waals surface area contributed by atoms with Crippen LogP contribution in [0.15, 0.2) is 68.6 Å². The predicted octanol–water partition coefficient (Wildman–Crippen LogP) is 5.19. The molecule has 0 unspecified atom stereocenters. The molecule has 3 aromatic rings. The lowest BCUT2D eigenvalue weighted by molar-refractivity contribution is -0.384. The van der Waals surface area contributed by atoms with Crippen molar-refractivity contribution in [3.05, 3.63) is 79.2 Å². The predicted molar refractivity (Wildman–Crippen MR) is 118 cm³/mol. The Kier molecular flexibility index (Phi) is 6.60. The fourth-order valence-electron chi connectivity index (χ4n) is 2.59. The van der Waals surface area contributed by atoms with Crippen LogP contribution in [0.25, 0.3) is 10.8 Å². The molecule has 0 aliphatic heterocycles. The van der Waals surface area contributed by atoms with Crippen LogP contribution in [0, 0.1) is 10.1 Å². The number of carbonyl (C=O) groups is 1. The normalized spacial score (nSPS) is 11.3. The van der Waals surface area contributed by atoms with E-state index in [9.17, 15) is 14.9 Å². The first-order valence-electron chi connectivity index (χ1n) is 8.43. The molecule has 0 aliphatic carbocycles. The van der Waals surface area contributed by atoms with Crippen molar-refractivity contribution in [1.82, 2.24) is 5.43 Å². The molecule has 0 fully saturated rings. The highest BCUT2D eigenvalue weighted by atomic mass is 79.9. The maximum absolute atomic E-state index is 12.1. The van der Waals surface area contributed by atoms with Gasteiger partial charge in [-0.3, -0.25) is 14.9 Å². The molecule has 1 amide bonds. The zero-order valence-corrected chi connectivity index (χ0v) is 18.4. The molecular weight excluding hydrogens is 506 g/mol. The van der Waals surface area contributed by atoms with Gasteiger partial charge in [-0.15, -0.1) is 0 Å². The van der Waals surface area contributed by atoms with Crippen molar-refractivity contribution < 1.29 is 14.5 Å². The number of carbonyl (C=O) groups excluding carboxylic acids is 1. The van der Waals surface area contributed by atoms with E-state index in [-0.39, 0.29) is 12.3 Å². The average Bonchev–Trinajstić information content (AvgIpc) is 2.71. The highest BCUT2D eigenvalue weighted by molar-refractivity contribution is 9.11. The number of nitro groups is 1. The van der Waals surface area contributed by atoms with Gasteiger partial charge in [0, 0.05) is 22.2 Å². The molecule has 0 spiro atoms. The number of hydrogen-bond acceptors (Lipinski definition) is 5. The Hall–Kier alpha value is -2.78. The number of rotatable bonds is 6. The minimum absolute atomic E-state index is 0.0418. The van der Waals surface area contributed by atoms with Gasteiger partial charge in [0.05, 0.1) is 15.1 Å². The molecule has 0 radical (unpaired) electrons. The van der Waals surface area contributed by atoms with Crippen LogP contribution in [0.4, 0.5) is 5.69 Å². The monoisotopic (exact) mass is 519 g/mol. The van der Waals surface area contributed by atoms with Gasteiger partial charge in [-0.05, 0) is 51.8 Å². The number of hydrazone groups is 1. The van der Waals surface area contributed by atoms with Crippen LogP contribution in [0.2, 0.25) is 0 Å². The number of nitrogens with one attached hydrogen (secondary N) is 1. The molecule has 3 rings (SSSR count). The van der Waals surface area contributed by atoms with Crippen molar-refractivity contribution in [2.75, 3.05) is 6.61 Å². The summed E-state index contributed by atoms with van der Waals surface area (Å²) in [6.07, 6.45) is 0. The van der Waals surface area contributed by atoms with Gasteiger partial charge < -0.3 is 4.74 Å². The molecule has 0 bridgehead atoms. The minimum Gasteiger partial charge on any atom is -0.483 e. The Bertz CT molecular complexity index is 1130. The molecule has 29 heavy (non-hydrogen) atoms. The number of non-ortho nitro benzene ring substituents is 1. The Morgan fingerprint density at radius 1 is 1.17 bits per heavy atom. The topological polar surface area (TPSA) is 93.8 Å². The van der Waals surface area contributed by atoms with Gasteiger partial charge in [0.15, 0.2) is 6.61 Å². The Balaban J connectivity index is 1.64. The number of hydrogen-bond donors (Lipinski definition) is 1. The summed E-state index contributed by atoms with van der Waals surface area (Å²) in [6, 6.07) is 15.6. The number of benzene rings is 3. The van der Waals surface area contributed by atoms with E-state index in [2.05, 4.69) is 42.4 Å².